The van der Waals surface area contributed by atoms with Crippen LogP contribution >= 0.6 is 0 Å². The van der Waals surface area contributed by atoms with Gasteiger partial charge in [-0.05, 0) is 13.1 Å². The van der Waals surface area contributed by atoms with Gasteiger partial charge in [-0.15, -0.1) is 0 Å². The maximum Gasteiger partial charge on any atom is 0.152 e. The smallest absolute Gasteiger partial charge is 0.152 e. The molecule has 1 heterocycles. The number of aliphatic hydroxyl groups is 1. The topological polar surface area (TPSA) is 45.5 Å². The van der Waals surface area contributed by atoms with Gasteiger partial charge in [0.25, 0.3) is 0 Å². The normalized spacial score (nSPS) is 11.2. The van der Waals surface area contributed by atoms with E-state index in [1.54, 1.807) is 0 Å². The van der Waals surface area contributed by atoms with Gasteiger partial charge in [0.05, 0.1) is 13.3 Å². The summed E-state index contributed by atoms with van der Waals surface area (Å²) in [5.41, 5.74) is 1.75. The third kappa shape index (κ3) is 2.38. The number of rotatable bonds is 5. The molecule has 90 valence electrons. The number of fused-ring (bicyclic) bond motifs is 1. The zero-order valence-corrected chi connectivity index (χ0v) is 9.84. The Hall–Kier alpha value is -1.65. The maximum atomic E-state index is 11.0. The van der Waals surface area contributed by atoms with Crippen LogP contribution in [0.25, 0.3) is 10.9 Å². The fourth-order valence-corrected chi connectivity index (χ4v) is 1.99. The van der Waals surface area contributed by atoms with Gasteiger partial charge in [-0.2, -0.15) is 0 Å². The van der Waals surface area contributed by atoms with E-state index in [1.165, 1.54) is 0 Å². The Morgan fingerprint density at radius 3 is 2.88 bits per heavy atom. The number of aldehydes is 1. The fraction of sp³-hybridized carbons (Fsp3) is 0.308. The number of aromatic nitrogens is 1. The van der Waals surface area contributed by atoms with Crippen LogP contribution in [0.2, 0.25) is 0 Å². The lowest BCUT2D eigenvalue weighted by molar-refractivity contribution is 0.112. The molecule has 0 spiro atoms. The average molecular weight is 232 g/mol. The molecule has 0 aliphatic rings. The number of likely N-dealkylation sites (N-methyl/N-ethyl adjacent to an activating group) is 1. The zero-order chi connectivity index (χ0) is 12.3. The fourth-order valence-electron chi connectivity index (χ4n) is 1.99. The Labute approximate surface area is 100 Å². The van der Waals surface area contributed by atoms with Crippen LogP contribution in [0, 0.1) is 0 Å². The molecule has 4 heteroatoms. The lowest BCUT2D eigenvalue weighted by atomic mass is 10.2. The van der Waals surface area contributed by atoms with Crippen LogP contribution in [-0.4, -0.2) is 41.1 Å². The summed E-state index contributed by atoms with van der Waals surface area (Å²) in [6.45, 7) is 1.41. The standard InChI is InChI=1S/C13H16N2O2/c1-14(6-7-16)10-15-8-11(9-17)12-4-2-3-5-13(12)15/h2-5,8-9,16H,6-7,10H2,1H3. The predicted molar refractivity (Wildman–Crippen MR) is 67.0 cm³/mol. The first kappa shape index (κ1) is 11.8. The number of benzene rings is 1. The minimum Gasteiger partial charge on any atom is -0.395 e. The Balaban J connectivity index is 2.37. The van der Waals surface area contributed by atoms with Gasteiger partial charge < -0.3 is 9.67 Å². The molecule has 0 fully saturated rings. The van der Waals surface area contributed by atoms with E-state index in [0.29, 0.717) is 18.8 Å². The average Bonchev–Trinajstić information content (AvgIpc) is 2.68. The van der Waals surface area contributed by atoms with Gasteiger partial charge in [-0.3, -0.25) is 9.69 Å². The van der Waals surface area contributed by atoms with Crippen LogP contribution in [0.1, 0.15) is 10.4 Å². The Bertz CT molecular complexity index is 519. The predicted octanol–water partition coefficient (Wildman–Crippen LogP) is 1.34. The van der Waals surface area contributed by atoms with Gasteiger partial charge in [0.2, 0.25) is 0 Å². The van der Waals surface area contributed by atoms with Crippen molar-refractivity contribution in [2.24, 2.45) is 0 Å². The highest BCUT2D eigenvalue weighted by molar-refractivity contribution is 5.97. The summed E-state index contributed by atoms with van der Waals surface area (Å²) in [6.07, 6.45) is 2.73. The zero-order valence-electron chi connectivity index (χ0n) is 9.84. The molecule has 0 aliphatic carbocycles. The molecule has 1 N–H and O–H groups in total. The van der Waals surface area contributed by atoms with Gasteiger partial charge in [0.1, 0.15) is 0 Å². The first-order chi connectivity index (χ1) is 8.26. The van der Waals surface area contributed by atoms with Gasteiger partial charge >= 0.3 is 0 Å². The second kappa shape index (κ2) is 5.12. The Kier molecular flexibility index (Phi) is 3.56. The van der Waals surface area contributed by atoms with Crippen molar-refractivity contribution in [2.75, 3.05) is 20.2 Å². The van der Waals surface area contributed by atoms with Gasteiger partial charge in [-0.1, -0.05) is 18.2 Å². The molecule has 0 bridgehead atoms. The van der Waals surface area contributed by atoms with Crippen molar-refractivity contribution in [1.82, 2.24) is 9.47 Å². The largest absolute Gasteiger partial charge is 0.395 e. The summed E-state index contributed by atoms with van der Waals surface area (Å²) in [5, 5.41) is 9.84. The molecule has 4 nitrogen and oxygen atoms in total. The number of hydrogen-bond donors (Lipinski definition) is 1. The van der Waals surface area contributed by atoms with Crippen LogP contribution in [0.15, 0.2) is 30.5 Å². The maximum absolute atomic E-state index is 11.0. The van der Waals surface area contributed by atoms with E-state index >= 15 is 0 Å². The Morgan fingerprint density at radius 2 is 2.18 bits per heavy atom. The highest BCUT2D eigenvalue weighted by atomic mass is 16.3. The molecule has 1 aromatic heterocycles. The first-order valence-corrected chi connectivity index (χ1v) is 5.58. The third-order valence-corrected chi connectivity index (χ3v) is 2.82. The number of para-hydroxylation sites is 1. The van der Waals surface area contributed by atoms with Gasteiger partial charge in [0, 0.05) is 29.2 Å². The summed E-state index contributed by atoms with van der Waals surface area (Å²) < 4.78 is 2.02. The molecule has 0 atom stereocenters. The van der Waals surface area contributed by atoms with E-state index in [9.17, 15) is 4.79 Å². The van der Waals surface area contributed by atoms with Crippen LogP contribution in [0.4, 0.5) is 0 Å². The molecule has 0 unspecified atom stereocenters. The van der Waals surface area contributed by atoms with E-state index in [2.05, 4.69) is 0 Å². The second-order valence-corrected chi connectivity index (χ2v) is 4.13. The highest BCUT2D eigenvalue weighted by Crippen LogP contribution is 2.19. The number of carbonyl (C=O) groups is 1. The first-order valence-electron chi connectivity index (χ1n) is 5.58. The lowest BCUT2D eigenvalue weighted by Crippen LogP contribution is -2.24. The third-order valence-electron chi connectivity index (χ3n) is 2.82. The van der Waals surface area contributed by atoms with Crippen molar-refractivity contribution in [2.45, 2.75) is 6.67 Å². The number of nitrogens with zero attached hydrogens (tertiary/aromatic N) is 2. The minimum atomic E-state index is 0.135. The Morgan fingerprint density at radius 1 is 1.41 bits per heavy atom. The van der Waals surface area contributed by atoms with E-state index in [0.717, 1.165) is 17.2 Å². The monoisotopic (exact) mass is 232 g/mol. The quantitative estimate of drug-likeness (QED) is 0.791. The molecule has 1 aromatic carbocycles. The van der Waals surface area contributed by atoms with Crippen molar-refractivity contribution in [3.05, 3.63) is 36.0 Å². The molecule has 2 rings (SSSR count). The van der Waals surface area contributed by atoms with E-state index in [1.807, 2.05) is 47.0 Å². The molecule has 0 radical (unpaired) electrons. The molecular weight excluding hydrogens is 216 g/mol. The minimum absolute atomic E-state index is 0.135. The van der Waals surface area contributed by atoms with Crippen LogP contribution < -0.4 is 0 Å². The van der Waals surface area contributed by atoms with E-state index in [4.69, 9.17) is 5.11 Å². The molecule has 0 amide bonds. The van der Waals surface area contributed by atoms with Crippen molar-refractivity contribution >= 4 is 17.2 Å². The summed E-state index contributed by atoms with van der Waals surface area (Å²) in [6, 6.07) is 7.83. The van der Waals surface area contributed by atoms with Crippen molar-refractivity contribution < 1.29 is 9.90 Å². The van der Waals surface area contributed by atoms with Gasteiger partial charge in [0.15, 0.2) is 6.29 Å². The van der Waals surface area contributed by atoms with Crippen LogP contribution in [0.3, 0.4) is 0 Å². The molecule has 0 saturated heterocycles. The van der Waals surface area contributed by atoms with Gasteiger partial charge in [-0.25, -0.2) is 0 Å². The van der Waals surface area contributed by atoms with Crippen molar-refractivity contribution in [3.8, 4) is 0 Å². The van der Waals surface area contributed by atoms with Crippen LogP contribution in [-0.2, 0) is 6.67 Å². The number of hydrogen-bond acceptors (Lipinski definition) is 3. The summed E-state index contributed by atoms with van der Waals surface area (Å²) in [5.74, 6) is 0. The molecule has 0 saturated carbocycles. The second-order valence-electron chi connectivity index (χ2n) is 4.13. The molecule has 17 heavy (non-hydrogen) atoms. The summed E-state index contributed by atoms with van der Waals surface area (Å²) in [7, 11) is 1.94. The highest BCUT2D eigenvalue weighted by Gasteiger charge is 2.08. The summed E-state index contributed by atoms with van der Waals surface area (Å²) in [4.78, 5) is 13.0. The van der Waals surface area contributed by atoms with E-state index in [-0.39, 0.29) is 6.61 Å². The molecule has 2 aromatic rings. The number of carbonyl (C=O) groups excluding carboxylic acids is 1. The van der Waals surface area contributed by atoms with Crippen molar-refractivity contribution in [1.29, 1.82) is 0 Å². The van der Waals surface area contributed by atoms with E-state index < -0.39 is 0 Å². The van der Waals surface area contributed by atoms with Crippen molar-refractivity contribution in [3.63, 3.8) is 0 Å². The summed E-state index contributed by atoms with van der Waals surface area (Å²) >= 11 is 0. The molecular formula is C13H16N2O2. The van der Waals surface area contributed by atoms with Crippen LogP contribution in [0.5, 0.6) is 0 Å². The lowest BCUT2D eigenvalue weighted by Gasteiger charge is -2.16. The molecule has 0 aliphatic heterocycles. The number of aliphatic hydroxyl groups excluding tert-OH is 1. The SMILES string of the molecule is CN(CCO)Cn1cc(C=O)c2ccccc21.